The Kier molecular flexibility index (Phi) is 64.7. The molecule has 0 heterocycles. The Hall–Kier alpha value is -3.15. The average Bonchev–Trinajstić information content (AvgIpc) is 3.45. The Balaban J connectivity index is 4.13. The van der Waals surface area contributed by atoms with Gasteiger partial charge in [-0.1, -0.05) is 318 Å². The van der Waals surface area contributed by atoms with Crippen LogP contribution in [0.4, 0.5) is 0 Å². The second kappa shape index (κ2) is 67.4. The number of hydrogen-bond acceptors (Lipinski definition) is 6. The van der Waals surface area contributed by atoms with Crippen LogP contribution in [0.5, 0.6) is 0 Å². The SMILES string of the molecule is CC/C=C\C/C=C\C/C=C\C/C=C\CCCCCCCCCCCCCCCCCCC(=O)OCC(COC(=O)CCCCCCCCCCC)OC(=O)CCCCCCCCCCCCC/C=C\C/C=C\CCCCCCC. The fraction of sp³-hybridized carbons (Fsp3) is 0.795. The summed E-state index contributed by atoms with van der Waals surface area (Å²) in [6, 6.07) is 0. The molecule has 1 unspecified atom stereocenters. The summed E-state index contributed by atoms with van der Waals surface area (Å²) in [6.45, 7) is 6.54. The molecule has 0 rings (SSSR count). The zero-order chi connectivity index (χ0) is 57.1. The lowest BCUT2D eigenvalue weighted by molar-refractivity contribution is -0.167. The maximum atomic E-state index is 12.9. The van der Waals surface area contributed by atoms with E-state index in [4.69, 9.17) is 14.2 Å². The molecule has 0 bridgehead atoms. The predicted octanol–water partition coefficient (Wildman–Crippen LogP) is 23.7. The minimum Gasteiger partial charge on any atom is -0.462 e. The van der Waals surface area contributed by atoms with Gasteiger partial charge in [0, 0.05) is 19.3 Å². The molecule has 0 aromatic heterocycles. The largest absolute Gasteiger partial charge is 0.462 e. The summed E-state index contributed by atoms with van der Waals surface area (Å²) in [5.74, 6) is -0.857. The lowest BCUT2D eigenvalue weighted by Gasteiger charge is -2.18. The van der Waals surface area contributed by atoms with Gasteiger partial charge in [0.25, 0.3) is 0 Å². The van der Waals surface area contributed by atoms with Crippen molar-refractivity contribution >= 4 is 17.9 Å². The fourth-order valence-corrected chi connectivity index (χ4v) is 10.1. The summed E-state index contributed by atoms with van der Waals surface area (Å²) in [4.78, 5) is 38.3. The van der Waals surface area contributed by atoms with Crippen molar-refractivity contribution in [1.82, 2.24) is 0 Å². The normalized spacial score (nSPS) is 12.5. The maximum absolute atomic E-state index is 12.9. The second-order valence-corrected chi connectivity index (χ2v) is 23.1. The summed E-state index contributed by atoms with van der Waals surface area (Å²) in [5.41, 5.74) is 0. The summed E-state index contributed by atoms with van der Waals surface area (Å²) in [6.07, 6.45) is 87.9. The van der Waals surface area contributed by atoms with Crippen LogP contribution in [0.25, 0.3) is 0 Å². The van der Waals surface area contributed by atoms with Crippen molar-refractivity contribution in [2.24, 2.45) is 0 Å². The molecule has 0 saturated carbocycles. The molecule has 0 aromatic rings. The van der Waals surface area contributed by atoms with Crippen molar-refractivity contribution in [3.63, 3.8) is 0 Å². The van der Waals surface area contributed by atoms with Crippen molar-refractivity contribution in [1.29, 1.82) is 0 Å². The van der Waals surface area contributed by atoms with E-state index in [-0.39, 0.29) is 31.1 Å². The minimum atomic E-state index is -0.773. The molecule has 1 atom stereocenters. The van der Waals surface area contributed by atoms with Crippen LogP contribution in [0.15, 0.2) is 72.9 Å². The van der Waals surface area contributed by atoms with E-state index in [2.05, 4.69) is 93.7 Å². The van der Waals surface area contributed by atoms with Crippen molar-refractivity contribution in [3.05, 3.63) is 72.9 Å². The Morgan fingerprint density at radius 2 is 0.494 bits per heavy atom. The number of hydrogen-bond donors (Lipinski definition) is 0. The van der Waals surface area contributed by atoms with Crippen molar-refractivity contribution in [2.45, 2.75) is 361 Å². The van der Waals surface area contributed by atoms with E-state index < -0.39 is 6.10 Å². The molecular weight excluding hydrogens is 973 g/mol. The summed E-state index contributed by atoms with van der Waals surface area (Å²) < 4.78 is 16.9. The van der Waals surface area contributed by atoms with Gasteiger partial charge in [0.05, 0.1) is 0 Å². The van der Waals surface area contributed by atoms with E-state index in [0.717, 1.165) is 89.9 Å². The first-order chi connectivity index (χ1) is 39.0. The lowest BCUT2D eigenvalue weighted by Crippen LogP contribution is -2.30. The molecule has 0 spiro atoms. The van der Waals surface area contributed by atoms with Gasteiger partial charge in [-0.15, -0.1) is 0 Å². The highest BCUT2D eigenvalue weighted by Gasteiger charge is 2.19. The van der Waals surface area contributed by atoms with Crippen LogP contribution in [-0.2, 0) is 28.6 Å². The van der Waals surface area contributed by atoms with Gasteiger partial charge in [-0.2, -0.15) is 0 Å². The van der Waals surface area contributed by atoms with Gasteiger partial charge in [-0.05, 0) is 89.9 Å². The smallest absolute Gasteiger partial charge is 0.306 e. The number of esters is 3. The fourth-order valence-electron chi connectivity index (χ4n) is 10.1. The van der Waals surface area contributed by atoms with Gasteiger partial charge < -0.3 is 14.2 Å². The zero-order valence-electron chi connectivity index (χ0n) is 52.6. The summed E-state index contributed by atoms with van der Waals surface area (Å²) >= 11 is 0. The Labute approximate surface area is 491 Å². The number of ether oxygens (including phenoxy) is 3. The van der Waals surface area contributed by atoms with E-state index >= 15 is 0 Å². The van der Waals surface area contributed by atoms with Crippen LogP contribution in [0, 0.1) is 0 Å². The maximum Gasteiger partial charge on any atom is 0.306 e. The standard InChI is InChI=1S/C73H130O6/c1-4-7-10-13-16-19-21-23-25-27-29-31-33-34-35-36-37-38-40-41-43-45-47-49-51-54-57-60-63-66-72(75)78-69-70(68-77-71(74)65-62-59-56-53-18-15-12-9-6-3)79-73(76)67-64-61-58-55-52-50-48-46-44-42-39-32-30-28-26-24-22-20-17-14-11-8-5-2/h7,10,16,19,22-25,28-31,70H,4-6,8-9,11-15,17-18,20-21,26-27,32-69H2,1-3H3/b10-7-,19-16-,24-22-,25-23-,30-28-,31-29-. The molecule has 79 heavy (non-hydrogen) atoms. The molecule has 0 aliphatic rings. The first kappa shape index (κ1) is 75.8. The Bertz CT molecular complexity index is 1450. The molecule has 0 aliphatic heterocycles. The molecular formula is C73H130O6. The zero-order valence-corrected chi connectivity index (χ0v) is 52.6. The monoisotopic (exact) mass is 1100 g/mol. The molecule has 0 aliphatic carbocycles. The molecule has 458 valence electrons. The number of carbonyl (C=O) groups is 3. The molecule has 6 nitrogen and oxygen atoms in total. The van der Waals surface area contributed by atoms with Gasteiger partial charge in [0.1, 0.15) is 13.2 Å². The van der Waals surface area contributed by atoms with Crippen molar-refractivity contribution in [2.75, 3.05) is 13.2 Å². The summed E-state index contributed by atoms with van der Waals surface area (Å²) in [7, 11) is 0. The van der Waals surface area contributed by atoms with Gasteiger partial charge in [-0.25, -0.2) is 0 Å². The number of allylic oxidation sites excluding steroid dienone is 12. The van der Waals surface area contributed by atoms with Crippen LogP contribution in [0.1, 0.15) is 355 Å². The van der Waals surface area contributed by atoms with Gasteiger partial charge in [0.15, 0.2) is 6.10 Å². The number of unbranched alkanes of at least 4 members (excludes halogenated alkanes) is 40. The third kappa shape index (κ3) is 65.5. The molecule has 6 heteroatoms. The molecule has 0 amide bonds. The van der Waals surface area contributed by atoms with E-state index in [1.807, 2.05) is 0 Å². The first-order valence-electron chi connectivity index (χ1n) is 34.4. The van der Waals surface area contributed by atoms with Crippen LogP contribution in [0.3, 0.4) is 0 Å². The lowest BCUT2D eigenvalue weighted by atomic mass is 10.0. The molecule has 0 saturated heterocycles. The predicted molar refractivity (Wildman–Crippen MR) is 344 cm³/mol. The van der Waals surface area contributed by atoms with Crippen LogP contribution in [0.2, 0.25) is 0 Å². The van der Waals surface area contributed by atoms with Gasteiger partial charge in [-0.3, -0.25) is 14.4 Å². The van der Waals surface area contributed by atoms with Gasteiger partial charge >= 0.3 is 17.9 Å². The molecule has 0 aromatic carbocycles. The highest BCUT2D eigenvalue weighted by molar-refractivity contribution is 5.71. The van der Waals surface area contributed by atoms with Crippen molar-refractivity contribution in [3.8, 4) is 0 Å². The Morgan fingerprint density at radius 3 is 0.772 bits per heavy atom. The minimum absolute atomic E-state index is 0.0713. The highest BCUT2D eigenvalue weighted by atomic mass is 16.6. The first-order valence-corrected chi connectivity index (χ1v) is 34.4. The molecule has 0 N–H and O–H groups in total. The third-order valence-corrected chi connectivity index (χ3v) is 15.2. The average molecular weight is 1100 g/mol. The van der Waals surface area contributed by atoms with E-state index in [9.17, 15) is 14.4 Å². The molecule has 0 radical (unpaired) electrons. The third-order valence-electron chi connectivity index (χ3n) is 15.2. The highest BCUT2D eigenvalue weighted by Crippen LogP contribution is 2.18. The van der Waals surface area contributed by atoms with E-state index in [0.29, 0.717) is 19.3 Å². The van der Waals surface area contributed by atoms with Crippen LogP contribution >= 0.6 is 0 Å². The van der Waals surface area contributed by atoms with Gasteiger partial charge in [0.2, 0.25) is 0 Å². The van der Waals surface area contributed by atoms with E-state index in [1.54, 1.807) is 0 Å². The van der Waals surface area contributed by atoms with Crippen molar-refractivity contribution < 1.29 is 28.6 Å². The summed E-state index contributed by atoms with van der Waals surface area (Å²) in [5, 5.41) is 0. The number of rotatable bonds is 63. The van der Waals surface area contributed by atoms with E-state index in [1.165, 1.54) is 225 Å². The molecule has 0 fully saturated rings. The van der Waals surface area contributed by atoms with Crippen LogP contribution in [-0.4, -0.2) is 37.2 Å². The second-order valence-electron chi connectivity index (χ2n) is 23.1. The number of carbonyl (C=O) groups excluding carboxylic acids is 3. The Morgan fingerprint density at radius 1 is 0.266 bits per heavy atom. The van der Waals surface area contributed by atoms with Crippen LogP contribution < -0.4 is 0 Å². The topological polar surface area (TPSA) is 78.9 Å². The quantitative estimate of drug-likeness (QED) is 0.0261.